The van der Waals surface area contributed by atoms with Crippen molar-refractivity contribution in [1.29, 1.82) is 0 Å². The lowest BCUT2D eigenvalue weighted by molar-refractivity contribution is -0.0946. The van der Waals surface area contributed by atoms with E-state index in [9.17, 15) is 9.90 Å². The maximum atomic E-state index is 16.9. The van der Waals surface area contributed by atoms with E-state index in [1.165, 1.54) is 0 Å². The number of rotatable bonds is 5. The molecule has 5 heterocycles. The number of carboxylic acid groups (broad SMARTS) is 1. The molecule has 1 amide bonds. The Bertz CT molecular complexity index is 1820. The van der Waals surface area contributed by atoms with Gasteiger partial charge in [0.05, 0.1) is 16.7 Å². The van der Waals surface area contributed by atoms with Crippen LogP contribution in [0, 0.1) is 23.6 Å². The second-order valence-corrected chi connectivity index (χ2v) is 14.6. The number of carbonyl (C=O) groups is 1. The SMILES string of the molecule is Cc1ccc2cn[nH]c2c1-c1c(Cl)cc2c(N3CCC4(C3)CN(C(=O)O)C4C(C)(C)C)nc(OCC3CCCN3C)nc2c1F. The number of halogens is 2. The van der Waals surface area contributed by atoms with E-state index < -0.39 is 11.9 Å². The van der Waals surface area contributed by atoms with Crippen LogP contribution < -0.4 is 9.64 Å². The van der Waals surface area contributed by atoms with Crippen LogP contribution in [0.15, 0.2) is 24.4 Å². The highest BCUT2D eigenvalue weighted by molar-refractivity contribution is 6.35. The fourth-order valence-electron chi connectivity index (χ4n) is 8.22. The van der Waals surface area contributed by atoms with Gasteiger partial charge in [-0.2, -0.15) is 15.1 Å². The van der Waals surface area contributed by atoms with Gasteiger partial charge in [-0.05, 0) is 56.8 Å². The van der Waals surface area contributed by atoms with Crippen LogP contribution in [0.5, 0.6) is 6.01 Å². The third-order valence-corrected chi connectivity index (χ3v) is 10.4. The average Bonchev–Trinajstić information content (AvgIpc) is 3.71. The lowest BCUT2D eigenvalue weighted by atomic mass is 9.61. The molecule has 3 saturated heterocycles. The summed E-state index contributed by atoms with van der Waals surface area (Å²) < 4.78 is 23.1. The minimum atomic E-state index is -0.900. The van der Waals surface area contributed by atoms with E-state index in [-0.39, 0.29) is 45.0 Å². The Morgan fingerprint density at radius 1 is 1.22 bits per heavy atom. The minimum absolute atomic E-state index is 0.121. The molecule has 7 rings (SSSR count). The molecule has 0 bridgehead atoms. The van der Waals surface area contributed by atoms with Crippen LogP contribution >= 0.6 is 11.6 Å². The molecule has 2 aromatic heterocycles. The summed E-state index contributed by atoms with van der Waals surface area (Å²) >= 11 is 6.94. The van der Waals surface area contributed by atoms with Gasteiger partial charge in [-0.3, -0.25) is 5.10 Å². The zero-order chi connectivity index (χ0) is 31.8. The highest BCUT2D eigenvalue weighted by atomic mass is 35.5. The quantitative estimate of drug-likeness (QED) is 0.261. The Morgan fingerprint density at radius 2 is 2.02 bits per heavy atom. The molecule has 0 radical (unpaired) electrons. The zero-order valence-corrected chi connectivity index (χ0v) is 27.1. The number of ether oxygens (including phenoxy) is 1. The molecule has 3 aliphatic rings. The van der Waals surface area contributed by atoms with Crippen molar-refractivity contribution in [3.05, 3.63) is 40.8 Å². The third kappa shape index (κ3) is 4.86. The fourth-order valence-corrected chi connectivity index (χ4v) is 8.51. The summed E-state index contributed by atoms with van der Waals surface area (Å²) in [5.41, 5.74) is 2.09. The van der Waals surface area contributed by atoms with E-state index in [4.69, 9.17) is 21.3 Å². The van der Waals surface area contributed by atoms with E-state index in [1.807, 2.05) is 19.1 Å². The monoisotopic (exact) mass is 635 g/mol. The van der Waals surface area contributed by atoms with Crippen molar-refractivity contribution in [2.75, 3.05) is 44.7 Å². The van der Waals surface area contributed by atoms with Crippen LogP contribution in [-0.4, -0.2) is 93.1 Å². The second kappa shape index (κ2) is 10.7. The van der Waals surface area contributed by atoms with Gasteiger partial charge < -0.3 is 24.5 Å². The molecule has 3 atom stereocenters. The maximum absolute atomic E-state index is 16.9. The topological polar surface area (TPSA) is 111 Å². The van der Waals surface area contributed by atoms with Gasteiger partial charge in [0.25, 0.3) is 0 Å². The van der Waals surface area contributed by atoms with Gasteiger partial charge in [0.1, 0.15) is 17.9 Å². The summed E-state index contributed by atoms with van der Waals surface area (Å²) in [7, 11) is 2.08. The van der Waals surface area contributed by atoms with Crippen molar-refractivity contribution in [1.82, 2.24) is 30.0 Å². The Balaban J connectivity index is 1.34. The molecule has 4 aromatic rings. The lowest BCUT2D eigenvalue weighted by Crippen LogP contribution is -2.71. The van der Waals surface area contributed by atoms with Gasteiger partial charge in [-0.1, -0.05) is 44.5 Å². The standard InChI is InChI=1S/C33H39ClFN7O3/c1-18-8-9-19-14-36-39-26(19)23(18)24-22(34)13-21-27(25(24)35)37-30(45-15-20-7-6-11-40(20)5)38-28(21)41-12-10-33(16-41)17-42(31(43)44)29(33)32(2,3)4/h8-9,13-14,20,29H,6-7,10-12,15-17H2,1-5H3,(H,36,39)(H,43,44). The number of amides is 1. The average molecular weight is 636 g/mol. The Morgan fingerprint density at radius 3 is 2.73 bits per heavy atom. The van der Waals surface area contributed by atoms with Crippen molar-refractivity contribution in [2.45, 2.75) is 59.0 Å². The number of nitrogens with zero attached hydrogens (tertiary/aromatic N) is 6. The lowest BCUT2D eigenvalue weighted by Gasteiger charge is -2.59. The van der Waals surface area contributed by atoms with Gasteiger partial charge in [-0.15, -0.1) is 0 Å². The van der Waals surface area contributed by atoms with E-state index in [0.717, 1.165) is 36.8 Å². The summed E-state index contributed by atoms with van der Waals surface area (Å²) in [5, 5.41) is 18.7. The van der Waals surface area contributed by atoms with E-state index >= 15 is 4.39 Å². The number of nitrogens with one attached hydrogen (secondary N) is 1. The number of H-pyrrole nitrogens is 1. The number of aromatic nitrogens is 4. The molecular formula is C33H39ClFN7O3. The maximum Gasteiger partial charge on any atom is 0.407 e. The molecular weight excluding hydrogens is 597 g/mol. The number of likely N-dealkylation sites (N-methyl/N-ethyl adjacent to an activating group) is 1. The smallest absolute Gasteiger partial charge is 0.407 e. The number of fused-ring (bicyclic) bond motifs is 2. The number of likely N-dealkylation sites (tertiary alicyclic amines) is 2. The van der Waals surface area contributed by atoms with Crippen LogP contribution in [0.4, 0.5) is 15.0 Å². The molecule has 45 heavy (non-hydrogen) atoms. The summed E-state index contributed by atoms with van der Waals surface area (Å²) in [4.78, 5) is 27.6. The molecule has 2 aromatic carbocycles. The van der Waals surface area contributed by atoms with Crippen molar-refractivity contribution in [3.8, 4) is 17.1 Å². The molecule has 3 fully saturated rings. The number of hydrogen-bond donors (Lipinski definition) is 2. The van der Waals surface area contributed by atoms with E-state index in [1.54, 1.807) is 17.2 Å². The highest BCUT2D eigenvalue weighted by Crippen LogP contribution is 2.53. The summed E-state index contributed by atoms with van der Waals surface area (Å²) in [6.07, 6.45) is 3.71. The number of aromatic amines is 1. The number of aryl methyl sites for hydroxylation is 1. The van der Waals surface area contributed by atoms with Crippen molar-refractivity contribution in [2.24, 2.45) is 10.8 Å². The van der Waals surface area contributed by atoms with Crippen LogP contribution in [0.3, 0.4) is 0 Å². The third-order valence-electron chi connectivity index (χ3n) is 10.1. The molecule has 0 saturated carbocycles. The Labute approximate surface area is 266 Å². The van der Waals surface area contributed by atoms with Crippen molar-refractivity contribution in [3.63, 3.8) is 0 Å². The molecule has 1 spiro atoms. The van der Waals surface area contributed by atoms with Gasteiger partial charge in [0.15, 0.2) is 5.82 Å². The molecule has 12 heteroatoms. The number of benzene rings is 2. The van der Waals surface area contributed by atoms with E-state index in [2.05, 4.69) is 52.8 Å². The van der Waals surface area contributed by atoms with Gasteiger partial charge in [0, 0.05) is 59.0 Å². The summed E-state index contributed by atoms with van der Waals surface area (Å²) in [6, 6.07) is 5.83. The van der Waals surface area contributed by atoms with Gasteiger partial charge in [-0.25, -0.2) is 9.18 Å². The number of anilines is 1. The first-order chi connectivity index (χ1) is 21.4. The first kappa shape index (κ1) is 30.0. The summed E-state index contributed by atoms with van der Waals surface area (Å²) in [5.74, 6) is 0.00765. The van der Waals surface area contributed by atoms with Crippen LogP contribution in [0.2, 0.25) is 5.02 Å². The molecule has 2 N–H and O–H groups in total. The minimum Gasteiger partial charge on any atom is -0.465 e. The van der Waals surface area contributed by atoms with Crippen molar-refractivity contribution >= 4 is 45.3 Å². The van der Waals surface area contributed by atoms with Crippen molar-refractivity contribution < 1.29 is 19.0 Å². The Kier molecular flexibility index (Phi) is 7.12. The predicted octanol–water partition coefficient (Wildman–Crippen LogP) is 6.35. The van der Waals surface area contributed by atoms with Gasteiger partial charge in [0.2, 0.25) is 0 Å². The largest absolute Gasteiger partial charge is 0.465 e. The van der Waals surface area contributed by atoms with Crippen LogP contribution in [0.25, 0.3) is 32.9 Å². The molecule has 10 nitrogen and oxygen atoms in total. The van der Waals surface area contributed by atoms with Crippen LogP contribution in [-0.2, 0) is 0 Å². The zero-order valence-electron chi connectivity index (χ0n) is 26.3. The molecule has 238 valence electrons. The fraction of sp³-hybridized carbons (Fsp3) is 0.515. The first-order valence-electron chi connectivity index (χ1n) is 15.6. The molecule has 0 aliphatic carbocycles. The van der Waals surface area contributed by atoms with Crippen LogP contribution in [0.1, 0.15) is 45.6 Å². The normalized spacial score (nSPS) is 23.9. The molecule has 3 unspecified atom stereocenters. The number of hydrogen-bond acceptors (Lipinski definition) is 7. The van der Waals surface area contributed by atoms with Gasteiger partial charge >= 0.3 is 12.1 Å². The first-order valence-corrected chi connectivity index (χ1v) is 16.0. The second-order valence-electron chi connectivity index (χ2n) is 14.2. The molecule has 3 aliphatic heterocycles. The summed E-state index contributed by atoms with van der Waals surface area (Å²) in [6.45, 7) is 11.3. The Hall–Kier alpha value is -3.70. The predicted molar refractivity (Wildman–Crippen MR) is 173 cm³/mol. The van der Waals surface area contributed by atoms with E-state index in [0.29, 0.717) is 48.5 Å². The highest BCUT2D eigenvalue weighted by Gasteiger charge is 2.61.